The lowest BCUT2D eigenvalue weighted by molar-refractivity contribution is 0.302. The van der Waals surface area contributed by atoms with Gasteiger partial charge < -0.3 is 10.1 Å². The molecule has 2 nitrogen and oxygen atoms in total. The van der Waals surface area contributed by atoms with Gasteiger partial charge in [0.05, 0.1) is 0 Å². The van der Waals surface area contributed by atoms with Crippen molar-refractivity contribution in [2.24, 2.45) is 0 Å². The summed E-state index contributed by atoms with van der Waals surface area (Å²) in [6.07, 6.45) is 0.780. The fourth-order valence-corrected chi connectivity index (χ4v) is 4.02. The maximum atomic E-state index is 6.23. The lowest BCUT2D eigenvalue weighted by Crippen LogP contribution is -2.17. The van der Waals surface area contributed by atoms with Crippen LogP contribution in [0.3, 0.4) is 0 Å². The topological polar surface area (TPSA) is 21.3 Å². The first-order valence-corrected chi connectivity index (χ1v) is 10.8. The van der Waals surface area contributed by atoms with E-state index in [4.69, 9.17) is 62.7 Å². The van der Waals surface area contributed by atoms with Gasteiger partial charge in [-0.3, -0.25) is 0 Å². The quantitative estimate of drug-likeness (QED) is 0.325. The molecule has 0 amide bonds. The number of rotatable bonds is 8. The molecule has 152 valence electrons. The summed E-state index contributed by atoms with van der Waals surface area (Å²) in [7, 11) is 0. The van der Waals surface area contributed by atoms with Gasteiger partial charge in [-0.05, 0) is 61.0 Å². The van der Waals surface area contributed by atoms with Gasteiger partial charge in [-0.1, -0.05) is 70.1 Å². The summed E-state index contributed by atoms with van der Waals surface area (Å²) in [4.78, 5) is 0. The third-order valence-electron chi connectivity index (χ3n) is 4.36. The number of hydrogen-bond acceptors (Lipinski definition) is 2. The molecule has 0 saturated carbocycles. The third-order valence-corrected chi connectivity index (χ3v) is 5.89. The summed E-state index contributed by atoms with van der Waals surface area (Å²) < 4.78 is 5.98. The Labute approximate surface area is 195 Å². The minimum Gasteiger partial charge on any atom is -0.488 e. The van der Waals surface area contributed by atoms with Crippen molar-refractivity contribution in [2.45, 2.75) is 19.6 Å². The summed E-state index contributed by atoms with van der Waals surface area (Å²) in [6, 6.07) is 16.4. The molecule has 3 aromatic carbocycles. The third kappa shape index (κ3) is 6.42. The number of hydrogen-bond donors (Lipinski definition) is 1. The van der Waals surface area contributed by atoms with E-state index in [1.165, 1.54) is 0 Å². The lowest BCUT2D eigenvalue weighted by atomic mass is 10.1. The predicted molar refractivity (Wildman–Crippen MR) is 124 cm³/mol. The second-order valence-electron chi connectivity index (χ2n) is 6.40. The number of benzene rings is 3. The van der Waals surface area contributed by atoms with Crippen LogP contribution in [0.5, 0.6) is 5.75 Å². The van der Waals surface area contributed by atoms with Crippen LogP contribution >= 0.6 is 58.0 Å². The number of ether oxygens (including phenoxy) is 1. The van der Waals surface area contributed by atoms with Gasteiger partial charge in [0, 0.05) is 42.8 Å². The van der Waals surface area contributed by atoms with Crippen molar-refractivity contribution in [3.05, 3.63) is 96.4 Å². The van der Waals surface area contributed by atoms with Crippen LogP contribution in [0.15, 0.2) is 54.6 Å². The van der Waals surface area contributed by atoms with E-state index in [2.05, 4.69) is 5.32 Å². The molecule has 1 N–H and O–H groups in total. The van der Waals surface area contributed by atoms with Gasteiger partial charge in [-0.25, -0.2) is 0 Å². The molecule has 7 heteroatoms. The first-order chi connectivity index (χ1) is 13.9. The minimum atomic E-state index is 0.271. The van der Waals surface area contributed by atoms with Crippen molar-refractivity contribution in [3.63, 3.8) is 0 Å². The van der Waals surface area contributed by atoms with Crippen LogP contribution < -0.4 is 10.1 Å². The van der Waals surface area contributed by atoms with Gasteiger partial charge in [0.15, 0.2) is 0 Å². The molecule has 0 fully saturated rings. The molecule has 3 aromatic rings. The van der Waals surface area contributed by atoms with E-state index in [0.29, 0.717) is 31.7 Å². The van der Waals surface area contributed by atoms with Gasteiger partial charge in [-0.2, -0.15) is 0 Å². The first kappa shape index (κ1) is 22.6. The van der Waals surface area contributed by atoms with Crippen molar-refractivity contribution in [1.82, 2.24) is 5.32 Å². The zero-order valence-corrected chi connectivity index (χ0v) is 19.1. The van der Waals surface area contributed by atoms with Crippen LogP contribution in [0, 0.1) is 0 Å². The largest absolute Gasteiger partial charge is 0.488 e. The number of nitrogens with one attached hydrogen (secondary N) is 1. The summed E-state index contributed by atoms with van der Waals surface area (Å²) in [5.74, 6) is 0.724. The molecule has 0 spiro atoms. The lowest BCUT2D eigenvalue weighted by Gasteiger charge is -2.14. The van der Waals surface area contributed by atoms with Crippen LogP contribution in [0.2, 0.25) is 25.1 Å². The highest BCUT2D eigenvalue weighted by atomic mass is 35.5. The van der Waals surface area contributed by atoms with Crippen LogP contribution in [0.4, 0.5) is 0 Å². The summed E-state index contributed by atoms with van der Waals surface area (Å²) in [5, 5.41) is 6.49. The molecule has 0 aliphatic heterocycles. The Morgan fingerprint density at radius 2 is 1.41 bits per heavy atom. The summed E-state index contributed by atoms with van der Waals surface area (Å²) in [6.45, 7) is 1.61. The van der Waals surface area contributed by atoms with Crippen LogP contribution in [0.1, 0.15) is 16.7 Å². The Morgan fingerprint density at radius 1 is 0.724 bits per heavy atom. The molecule has 0 heterocycles. The highest BCUT2D eigenvalue weighted by Crippen LogP contribution is 2.28. The molecular weight excluding hydrogens is 472 g/mol. The Kier molecular flexibility index (Phi) is 8.37. The standard InChI is InChI=1S/C22H18Cl5NO/c23-16-6-7-22(29-13-18-19(25)2-1-3-20(18)26)15(10-16)12-28-9-8-14-4-5-17(24)11-21(14)27/h1-7,10-11,28H,8-9,12-13H2. The van der Waals surface area contributed by atoms with Crippen LogP contribution in [-0.2, 0) is 19.6 Å². The summed E-state index contributed by atoms with van der Waals surface area (Å²) in [5.41, 5.74) is 2.74. The average molecular weight is 490 g/mol. The normalized spacial score (nSPS) is 10.9. The van der Waals surface area contributed by atoms with Crippen molar-refractivity contribution in [1.29, 1.82) is 0 Å². The average Bonchev–Trinajstić information content (AvgIpc) is 2.67. The molecule has 0 atom stereocenters. The van der Waals surface area contributed by atoms with E-state index < -0.39 is 0 Å². The van der Waals surface area contributed by atoms with Gasteiger partial charge in [-0.15, -0.1) is 0 Å². The Balaban J connectivity index is 1.61. The van der Waals surface area contributed by atoms with Gasteiger partial charge in [0.2, 0.25) is 0 Å². The molecule has 3 rings (SSSR count). The van der Waals surface area contributed by atoms with Crippen LogP contribution in [-0.4, -0.2) is 6.54 Å². The highest BCUT2D eigenvalue weighted by Gasteiger charge is 2.10. The Bertz CT molecular complexity index is 973. The maximum Gasteiger partial charge on any atom is 0.124 e. The van der Waals surface area contributed by atoms with E-state index in [1.807, 2.05) is 24.3 Å². The molecule has 29 heavy (non-hydrogen) atoms. The van der Waals surface area contributed by atoms with E-state index >= 15 is 0 Å². The Hall–Kier alpha value is -1.13. The molecule has 0 aromatic heterocycles. The first-order valence-electron chi connectivity index (χ1n) is 8.93. The number of halogens is 5. The molecule has 0 unspecified atom stereocenters. The van der Waals surface area contributed by atoms with Crippen molar-refractivity contribution < 1.29 is 4.74 Å². The molecule has 0 bridgehead atoms. The van der Waals surface area contributed by atoms with Crippen molar-refractivity contribution >= 4 is 58.0 Å². The molecule has 0 aliphatic rings. The minimum absolute atomic E-state index is 0.271. The Morgan fingerprint density at radius 3 is 2.14 bits per heavy atom. The van der Waals surface area contributed by atoms with Gasteiger partial charge in [0.25, 0.3) is 0 Å². The predicted octanol–water partition coefficient (Wildman–Crippen LogP) is 7.86. The van der Waals surface area contributed by atoms with E-state index in [9.17, 15) is 0 Å². The highest BCUT2D eigenvalue weighted by molar-refractivity contribution is 6.36. The van der Waals surface area contributed by atoms with Gasteiger partial charge >= 0.3 is 0 Å². The van der Waals surface area contributed by atoms with E-state index in [1.54, 1.807) is 30.3 Å². The van der Waals surface area contributed by atoms with Gasteiger partial charge in [0.1, 0.15) is 12.4 Å². The van der Waals surface area contributed by atoms with Crippen LogP contribution in [0.25, 0.3) is 0 Å². The summed E-state index contributed by atoms with van der Waals surface area (Å²) >= 11 is 30.8. The zero-order chi connectivity index (χ0) is 20.8. The SMILES string of the molecule is Clc1ccc(CCNCc2cc(Cl)ccc2OCc2c(Cl)cccc2Cl)c(Cl)c1. The fourth-order valence-electron chi connectivity index (χ4n) is 2.82. The van der Waals surface area contributed by atoms with Crippen molar-refractivity contribution in [3.8, 4) is 5.75 Å². The van der Waals surface area contributed by atoms with E-state index in [0.717, 1.165) is 35.4 Å². The van der Waals surface area contributed by atoms with Crippen molar-refractivity contribution in [2.75, 3.05) is 6.54 Å². The second-order valence-corrected chi connectivity index (χ2v) is 8.50. The zero-order valence-electron chi connectivity index (χ0n) is 15.3. The molecule has 0 radical (unpaired) electrons. The smallest absolute Gasteiger partial charge is 0.124 e. The molecular formula is C22H18Cl5NO. The van der Waals surface area contributed by atoms with E-state index in [-0.39, 0.29) is 6.61 Å². The maximum absolute atomic E-state index is 6.23. The second kappa shape index (κ2) is 10.8. The molecule has 0 saturated heterocycles. The fraction of sp³-hybridized carbons (Fsp3) is 0.182. The monoisotopic (exact) mass is 487 g/mol. The molecule has 0 aliphatic carbocycles.